The van der Waals surface area contributed by atoms with Crippen LogP contribution in [0.2, 0.25) is 0 Å². The fourth-order valence-electron chi connectivity index (χ4n) is 5.24. The topological polar surface area (TPSA) is 57.7 Å². The number of hydrogen-bond acceptors (Lipinski definition) is 5. The summed E-state index contributed by atoms with van der Waals surface area (Å²) in [6.07, 6.45) is 5.03. The van der Waals surface area contributed by atoms with Crippen LogP contribution in [0.5, 0.6) is 11.6 Å². The van der Waals surface area contributed by atoms with Crippen molar-refractivity contribution in [1.29, 1.82) is 0 Å². The molecule has 1 aromatic heterocycles. The lowest BCUT2D eigenvalue weighted by Crippen LogP contribution is -2.23. The number of nitrogens with zero attached hydrogens (tertiary/aromatic N) is 1. The average molecular weight is 476 g/mol. The van der Waals surface area contributed by atoms with Crippen LogP contribution in [0.3, 0.4) is 0 Å². The maximum absolute atomic E-state index is 15.3. The molecule has 1 aliphatic heterocycles. The van der Waals surface area contributed by atoms with Crippen LogP contribution in [0.1, 0.15) is 54.9 Å². The fraction of sp³-hybridized carbons (Fsp3) is 0.379. The Labute approximate surface area is 205 Å². The minimum Gasteiger partial charge on any atom is -0.485 e. The predicted molar refractivity (Wildman–Crippen MR) is 131 cm³/mol. The van der Waals surface area contributed by atoms with Crippen molar-refractivity contribution >= 4 is 5.97 Å². The highest BCUT2D eigenvalue weighted by Gasteiger charge is 2.39. The number of aromatic nitrogens is 1. The molecule has 0 saturated heterocycles. The minimum atomic E-state index is -0.365. The summed E-state index contributed by atoms with van der Waals surface area (Å²) >= 11 is 0. The van der Waals surface area contributed by atoms with Gasteiger partial charge in [-0.1, -0.05) is 31.2 Å². The molecule has 0 amide bonds. The van der Waals surface area contributed by atoms with E-state index in [0.29, 0.717) is 23.8 Å². The number of benzene rings is 2. The van der Waals surface area contributed by atoms with E-state index in [4.69, 9.17) is 14.2 Å². The second-order valence-electron chi connectivity index (χ2n) is 9.51. The van der Waals surface area contributed by atoms with Crippen LogP contribution in [0.15, 0.2) is 54.7 Å². The number of pyridine rings is 1. The van der Waals surface area contributed by atoms with Crippen LogP contribution in [0.25, 0.3) is 11.1 Å². The number of rotatable bonds is 7. The third kappa shape index (κ3) is 4.75. The largest absolute Gasteiger partial charge is 0.485 e. The summed E-state index contributed by atoms with van der Waals surface area (Å²) in [5.41, 5.74) is 4.35. The smallest absolute Gasteiger partial charge is 0.309 e. The lowest BCUT2D eigenvalue weighted by atomic mass is 9.82. The number of aryl methyl sites for hydroxylation is 1. The summed E-state index contributed by atoms with van der Waals surface area (Å²) in [4.78, 5) is 16.4. The molecule has 5 rings (SSSR count). The normalized spacial score (nSPS) is 18.7. The molecule has 1 saturated carbocycles. The van der Waals surface area contributed by atoms with Crippen molar-refractivity contribution in [2.45, 2.75) is 44.6 Å². The number of methoxy groups -OCH3 is 2. The predicted octanol–water partition coefficient (Wildman–Crippen LogP) is 6.27. The van der Waals surface area contributed by atoms with Crippen molar-refractivity contribution in [2.75, 3.05) is 14.2 Å². The van der Waals surface area contributed by atoms with Crippen LogP contribution < -0.4 is 9.47 Å². The lowest BCUT2D eigenvalue weighted by molar-refractivity contribution is -0.145. The van der Waals surface area contributed by atoms with Crippen molar-refractivity contribution in [2.24, 2.45) is 11.8 Å². The molecular formula is C29H30FNO4. The Hall–Kier alpha value is -3.41. The minimum absolute atomic E-state index is 0.102. The number of halogens is 1. The molecule has 5 nitrogen and oxygen atoms in total. The van der Waals surface area contributed by atoms with Crippen LogP contribution >= 0.6 is 0 Å². The fourth-order valence-corrected chi connectivity index (χ4v) is 5.24. The highest BCUT2D eigenvalue weighted by Crippen LogP contribution is 2.48. The standard InChI is InChI=1S/C29H30FNO4/c1-17(29(32)34-3)28(19-5-6-19)22-7-4-18-9-11-25(35-26(18)15-22)23-10-8-20(14-24(23)30)21-12-13-31-27(16-21)33-2/h4,7-8,10,12-17,19,25,28H,5-6,9,11H2,1-3H3/t17-,25?,28-/m0/s1. The molecule has 2 aliphatic rings. The first-order chi connectivity index (χ1) is 17.0. The maximum Gasteiger partial charge on any atom is 0.309 e. The van der Waals surface area contributed by atoms with E-state index in [-0.39, 0.29) is 29.7 Å². The van der Waals surface area contributed by atoms with Crippen molar-refractivity contribution in [3.05, 3.63) is 77.2 Å². The molecule has 6 heteroatoms. The second kappa shape index (κ2) is 9.68. The summed E-state index contributed by atoms with van der Waals surface area (Å²) in [7, 11) is 3.00. The van der Waals surface area contributed by atoms with Crippen LogP contribution in [0.4, 0.5) is 4.39 Å². The molecular weight excluding hydrogens is 445 g/mol. The second-order valence-corrected chi connectivity index (χ2v) is 9.51. The molecule has 2 aromatic carbocycles. The van der Waals surface area contributed by atoms with Gasteiger partial charge in [0.15, 0.2) is 0 Å². The third-order valence-electron chi connectivity index (χ3n) is 7.29. The SMILES string of the molecule is COC(=O)[C@@H](C)[C@H](c1ccc2c(c1)OC(c1ccc(-c3ccnc(OC)c3)cc1F)CC2)C1CC1. The zero-order valence-corrected chi connectivity index (χ0v) is 20.3. The van der Waals surface area contributed by atoms with Gasteiger partial charge >= 0.3 is 5.97 Å². The molecule has 0 bridgehead atoms. The van der Waals surface area contributed by atoms with Gasteiger partial charge in [0.05, 0.1) is 20.1 Å². The van der Waals surface area contributed by atoms with Crippen LogP contribution in [0, 0.1) is 17.7 Å². The maximum atomic E-state index is 15.3. The molecule has 0 N–H and O–H groups in total. The van der Waals surface area contributed by atoms with Gasteiger partial charge in [0.1, 0.15) is 17.7 Å². The number of hydrogen-bond donors (Lipinski definition) is 0. The van der Waals surface area contributed by atoms with Crippen LogP contribution in [-0.4, -0.2) is 25.2 Å². The summed E-state index contributed by atoms with van der Waals surface area (Å²) < 4.78 is 31.8. The quantitative estimate of drug-likeness (QED) is 0.377. The van der Waals surface area contributed by atoms with E-state index < -0.39 is 0 Å². The van der Waals surface area contributed by atoms with Crippen molar-refractivity contribution in [3.8, 4) is 22.8 Å². The molecule has 0 spiro atoms. The molecule has 182 valence electrons. The summed E-state index contributed by atoms with van der Waals surface area (Å²) in [5.74, 6) is 1.15. The Bertz CT molecular complexity index is 1240. The first-order valence-electron chi connectivity index (χ1n) is 12.2. The lowest BCUT2D eigenvalue weighted by Gasteiger charge is -2.29. The van der Waals surface area contributed by atoms with Gasteiger partial charge in [-0.2, -0.15) is 0 Å². The highest BCUT2D eigenvalue weighted by atomic mass is 19.1. The average Bonchev–Trinajstić information content (AvgIpc) is 3.73. The monoisotopic (exact) mass is 475 g/mol. The van der Waals surface area contributed by atoms with Gasteiger partial charge in [-0.15, -0.1) is 0 Å². The third-order valence-corrected chi connectivity index (χ3v) is 7.29. The number of carbonyl (C=O) groups excluding carboxylic acids is 1. The van der Waals surface area contributed by atoms with E-state index in [1.165, 1.54) is 7.11 Å². The molecule has 1 aliphatic carbocycles. The zero-order valence-electron chi connectivity index (χ0n) is 20.3. The Morgan fingerprint density at radius 2 is 1.86 bits per heavy atom. The highest BCUT2D eigenvalue weighted by molar-refractivity contribution is 5.73. The Balaban J connectivity index is 1.39. The molecule has 35 heavy (non-hydrogen) atoms. The summed E-state index contributed by atoms with van der Waals surface area (Å²) in [6.45, 7) is 1.94. The van der Waals surface area contributed by atoms with Gasteiger partial charge in [-0.25, -0.2) is 9.37 Å². The zero-order chi connectivity index (χ0) is 24.5. The Morgan fingerprint density at radius 1 is 1.06 bits per heavy atom. The van der Waals surface area contributed by atoms with Crippen molar-refractivity contribution < 1.29 is 23.4 Å². The van der Waals surface area contributed by atoms with Gasteiger partial charge in [0, 0.05) is 17.8 Å². The Morgan fingerprint density at radius 3 is 2.57 bits per heavy atom. The molecule has 3 aromatic rings. The van der Waals surface area contributed by atoms with E-state index in [2.05, 4.69) is 23.2 Å². The van der Waals surface area contributed by atoms with Gasteiger partial charge in [-0.3, -0.25) is 4.79 Å². The van der Waals surface area contributed by atoms with E-state index in [0.717, 1.165) is 47.3 Å². The number of fused-ring (bicyclic) bond motifs is 1. The van der Waals surface area contributed by atoms with Crippen molar-refractivity contribution in [3.63, 3.8) is 0 Å². The van der Waals surface area contributed by atoms with E-state index in [9.17, 15) is 4.79 Å². The molecule has 1 fully saturated rings. The molecule has 0 radical (unpaired) electrons. The van der Waals surface area contributed by atoms with E-state index >= 15 is 4.39 Å². The van der Waals surface area contributed by atoms with Crippen LogP contribution in [-0.2, 0) is 16.0 Å². The van der Waals surface area contributed by atoms with Gasteiger partial charge in [0.25, 0.3) is 0 Å². The first kappa shape index (κ1) is 23.3. The molecule has 2 heterocycles. The van der Waals surface area contributed by atoms with E-state index in [1.807, 2.05) is 25.1 Å². The number of esters is 1. The first-order valence-corrected chi connectivity index (χ1v) is 12.2. The Kier molecular flexibility index (Phi) is 6.46. The number of ether oxygens (including phenoxy) is 3. The number of carbonyl (C=O) groups is 1. The van der Waals surface area contributed by atoms with Gasteiger partial charge in [-0.05, 0) is 78.0 Å². The van der Waals surface area contributed by atoms with Gasteiger partial charge in [0.2, 0.25) is 5.88 Å². The van der Waals surface area contributed by atoms with Crippen molar-refractivity contribution in [1.82, 2.24) is 4.98 Å². The molecule has 3 atom stereocenters. The molecule has 1 unspecified atom stereocenters. The van der Waals surface area contributed by atoms with E-state index in [1.54, 1.807) is 25.4 Å². The summed E-state index contributed by atoms with van der Waals surface area (Å²) in [5, 5.41) is 0. The van der Waals surface area contributed by atoms with Gasteiger partial charge < -0.3 is 14.2 Å². The summed E-state index contributed by atoms with van der Waals surface area (Å²) in [6, 6.07) is 15.1.